The molecule has 0 saturated heterocycles. The Labute approximate surface area is 118 Å². The van der Waals surface area contributed by atoms with Crippen LogP contribution in [-0.4, -0.2) is 17.8 Å². The summed E-state index contributed by atoms with van der Waals surface area (Å²) < 4.78 is 0. The van der Waals surface area contributed by atoms with Crippen LogP contribution in [0.3, 0.4) is 0 Å². The molecule has 0 saturated carbocycles. The Morgan fingerprint density at radius 1 is 1.28 bits per heavy atom. The number of aliphatic hydroxyl groups is 1. The zero-order valence-electron chi connectivity index (χ0n) is 10.9. The third kappa shape index (κ3) is 4.92. The van der Waals surface area contributed by atoms with Crippen LogP contribution < -0.4 is 11.1 Å². The molecule has 0 spiro atoms. The van der Waals surface area contributed by atoms with Gasteiger partial charge in [0.15, 0.2) is 0 Å². The monoisotopic (exact) mass is 290 g/mol. The fourth-order valence-electron chi connectivity index (χ4n) is 1.76. The third-order valence-electron chi connectivity index (χ3n) is 2.43. The molecule has 1 rings (SSSR count). The number of benzene rings is 1. The summed E-state index contributed by atoms with van der Waals surface area (Å²) in [5.74, 6) is 0. The van der Waals surface area contributed by atoms with Crippen molar-refractivity contribution in [2.45, 2.75) is 33.3 Å². The van der Waals surface area contributed by atoms with Gasteiger partial charge in [-0.15, -0.1) is 0 Å². The topological polar surface area (TPSA) is 58.3 Å². The van der Waals surface area contributed by atoms with Crippen LogP contribution in [0.4, 0.5) is 11.4 Å². The molecule has 1 aromatic rings. The first-order chi connectivity index (χ1) is 8.19. The summed E-state index contributed by atoms with van der Waals surface area (Å²) in [6.07, 6.45) is 0.249. The average Bonchev–Trinajstić information content (AvgIpc) is 2.12. The van der Waals surface area contributed by atoms with E-state index in [2.05, 4.69) is 26.1 Å². The second kappa shape index (κ2) is 6.00. The normalized spacial score (nSPS) is 13.4. The van der Waals surface area contributed by atoms with Crippen molar-refractivity contribution in [2.24, 2.45) is 5.41 Å². The number of hydrogen-bond acceptors (Lipinski definition) is 3. The Bertz CT molecular complexity index is 393. The van der Waals surface area contributed by atoms with Gasteiger partial charge in [-0.1, -0.05) is 44.0 Å². The average molecular weight is 291 g/mol. The van der Waals surface area contributed by atoms with Crippen molar-refractivity contribution >= 4 is 34.6 Å². The van der Waals surface area contributed by atoms with Crippen LogP contribution in [0.15, 0.2) is 12.1 Å². The van der Waals surface area contributed by atoms with Crippen molar-refractivity contribution in [3.63, 3.8) is 0 Å². The van der Waals surface area contributed by atoms with E-state index < -0.39 is 6.10 Å². The van der Waals surface area contributed by atoms with Gasteiger partial charge < -0.3 is 16.2 Å². The second-order valence-corrected chi connectivity index (χ2v) is 6.47. The first kappa shape index (κ1) is 15.4. The van der Waals surface area contributed by atoms with Crippen molar-refractivity contribution in [1.82, 2.24) is 0 Å². The molecule has 0 heterocycles. The molecule has 1 aromatic carbocycles. The van der Waals surface area contributed by atoms with Gasteiger partial charge in [-0.25, -0.2) is 0 Å². The molecular formula is C13H20Cl2N2O. The lowest BCUT2D eigenvalue weighted by Gasteiger charge is -2.23. The van der Waals surface area contributed by atoms with Crippen molar-refractivity contribution in [2.75, 3.05) is 17.6 Å². The second-order valence-electron chi connectivity index (χ2n) is 5.66. The maximum Gasteiger partial charge on any atom is 0.0721 e. The standard InChI is InChI=1S/C13H20Cl2N2O/c1-13(2,3)6-9(18)7-17-12-10(14)4-8(16)5-11(12)15/h4-5,9,17-18H,6-7,16H2,1-3H3. The van der Waals surface area contributed by atoms with Crippen molar-refractivity contribution in [3.05, 3.63) is 22.2 Å². The Morgan fingerprint density at radius 2 is 1.78 bits per heavy atom. The van der Waals surface area contributed by atoms with E-state index in [4.69, 9.17) is 28.9 Å². The van der Waals surface area contributed by atoms with E-state index in [0.717, 1.165) is 0 Å². The fraction of sp³-hybridized carbons (Fsp3) is 0.538. The van der Waals surface area contributed by atoms with Crippen LogP contribution in [0.5, 0.6) is 0 Å². The molecular weight excluding hydrogens is 271 g/mol. The number of aliphatic hydroxyl groups excluding tert-OH is 1. The predicted molar refractivity (Wildman–Crippen MR) is 79.4 cm³/mol. The van der Waals surface area contributed by atoms with E-state index in [0.29, 0.717) is 34.4 Å². The first-order valence-corrected chi connectivity index (χ1v) is 6.61. The maximum absolute atomic E-state index is 9.91. The summed E-state index contributed by atoms with van der Waals surface area (Å²) in [4.78, 5) is 0. The molecule has 0 radical (unpaired) electrons. The predicted octanol–water partition coefficient (Wildman–Crippen LogP) is 3.78. The highest BCUT2D eigenvalue weighted by molar-refractivity contribution is 6.39. The van der Waals surface area contributed by atoms with Gasteiger partial charge in [0.25, 0.3) is 0 Å². The molecule has 0 fully saturated rings. The molecule has 18 heavy (non-hydrogen) atoms. The summed E-state index contributed by atoms with van der Waals surface area (Å²) in [6.45, 7) is 6.65. The molecule has 1 unspecified atom stereocenters. The number of hydrogen-bond donors (Lipinski definition) is 3. The number of nitrogen functional groups attached to an aromatic ring is 1. The molecule has 102 valence electrons. The van der Waals surface area contributed by atoms with Crippen LogP contribution in [0.2, 0.25) is 10.0 Å². The Kier molecular flexibility index (Phi) is 5.14. The minimum absolute atomic E-state index is 0.0792. The molecule has 0 aliphatic carbocycles. The minimum Gasteiger partial charge on any atom is -0.399 e. The van der Waals surface area contributed by atoms with Crippen LogP contribution in [0.1, 0.15) is 27.2 Å². The molecule has 0 aromatic heterocycles. The van der Waals surface area contributed by atoms with Crippen molar-refractivity contribution < 1.29 is 5.11 Å². The van der Waals surface area contributed by atoms with Gasteiger partial charge in [-0.2, -0.15) is 0 Å². The molecule has 4 N–H and O–H groups in total. The van der Waals surface area contributed by atoms with E-state index in [1.54, 1.807) is 12.1 Å². The SMILES string of the molecule is CC(C)(C)CC(O)CNc1c(Cl)cc(N)cc1Cl. The number of nitrogens with one attached hydrogen (secondary N) is 1. The molecule has 0 bridgehead atoms. The largest absolute Gasteiger partial charge is 0.399 e. The van der Waals surface area contributed by atoms with E-state index in [1.165, 1.54) is 0 Å². The quantitative estimate of drug-likeness (QED) is 0.740. The molecule has 1 atom stereocenters. The first-order valence-electron chi connectivity index (χ1n) is 5.85. The molecule has 0 amide bonds. The van der Waals surface area contributed by atoms with Gasteiger partial charge in [0.2, 0.25) is 0 Å². The van der Waals surface area contributed by atoms with Gasteiger partial charge in [-0.3, -0.25) is 0 Å². The molecule has 0 aliphatic heterocycles. The van der Waals surface area contributed by atoms with Gasteiger partial charge in [0.05, 0.1) is 21.8 Å². The van der Waals surface area contributed by atoms with Crippen LogP contribution in [0, 0.1) is 5.41 Å². The lowest BCUT2D eigenvalue weighted by atomic mass is 9.89. The number of rotatable bonds is 4. The summed E-state index contributed by atoms with van der Waals surface area (Å²) in [7, 11) is 0. The Morgan fingerprint density at radius 3 is 2.22 bits per heavy atom. The van der Waals surface area contributed by atoms with Gasteiger partial charge in [0.1, 0.15) is 0 Å². The number of halogens is 2. The Balaban J connectivity index is 2.64. The van der Waals surface area contributed by atoms with Gasteiger partial charge in [0, 0.05) is 12.2 Å². The third-order valence-corrected chi connectivity index (χ3v) is 3.02. The highest BCUT2D eigenvalue weighted by Crippen LogP contribution is 2.33. The van der Waals surface area contributed by atoms with Gasteiger partial charge in [-0.05, 0) is 24.0 Å². The minimum atomic E-state index is -0.449. The fourth-order valence-corrected chi connectivity index (χ4v) is 2.40. The van der Waals surface area contributed by atoms with Crippen LogP contribution in [0.25, 0.3) is 0 Å². The molecule has 3 nitrogen and oxygen atoms in total. The maximum atomic E-state index is 9.91. The summed E-state index contributed by atoms with van der Waals surface area (Å²) >= 11 is 12.1. The molecule has 5 heteroatoms. The van der Waals surface area contributed by atoms with Crippen LogP contribution >= 0.6 is 23.2 Å². The zero-order chi connectivity index (χ0) is 13.9. The summed E-state index contributed by atoms with van der Waals surface area (Å²) in [5.41, 5.74) is 6.83. The Hall–Kier alpha value is -0.640. The summed E-state index contributed by atoms with van der Waals surface area (Å²) in [6, 6.07) is 3.26. The van der Waals surface area contributed by atoms with Gasteiger partial charge >= 0.3 is 0 Å². The van der Waals surface area contributed by atoms with E-state index in [-0.39, 0.29) is 5.41 Å². The summed E-state index contributed by atoms with van der Waals surface area (Å²) in [5, 5.41) is 13.9. The molecule has 0 aliphatic rings. The smallest absolute Gasteiger partial charge is 0.0721 e. The van der Waals surface area contributed by atoms with Crippen LogP contribution in [-0.2, 0) is 0 Å². The van der Waals surface area contributed by atoms with E-state index in [1.807, 2.05) is 0 Å². The number of nitrogens with two attached hydrogens (primary N) is 1. The number of anilines is 2. The lowest BCUT2D eigenvalue weighted by Crippen LogP contribution is -2.25. The highest BCUT2D eigenvalue weighted by atomic mass is 35.5. The lowest BCUT2D eigenvalue weighted by molar-refractivity contribution is 0.132. The highest BCUT2D eigenvalue weighted by Gasteiger charge is 2.17. The van der Waals surface area contributed by atoms with Crippen molar-refractivity contribution in [3.8, 4) is 0 Å². The van der Waals surface area contributed by atoms with E-state index >= 15 is 0 Å². The van der Waals surface area contributed by atoms with Crippen molar-refractivity contribution in [1.29, 1.82) is 0 Å². The van der Waals surface area contributed by atoms with E-state index in [9.17, 15) is 5.11 Å². The zero-order valence-corrected chi connectivity index (χ0v) is 12.4.